The van der Waals surface area contributed by atoms with Gasteiger partial charge in [-0.15, -0.1) is 0 Å². The summed E-state index contributed by atoms with van der Waals surface area (Å²) in [6, 6.07) is 7.73. The quantitative estimate of drug-likeness (QED) is 0.530. The van der Waals surface area contributed by atoms with Crippen LogP contribution in [0.3, 0.4) is 0 Å². The Morgan fingerprint density at radius 2 is 1.94 bits per heavy atom. The van der Waals surface area contributed by atoms with Gasteiger partial charge in [0.25, 0.3) is 0 Å². The van der Waals surface area contributed by atoms with Crippen molar-refractivity contribution < 1.29 is 0 Å². The average Bonchev–Trinajstić information content (AvgIpc) is 2.40. The molecule has 88 valence electrons. The molecular formula is C12H7ClN4S. The summed E-state index contributed by atoms with van der Waals surface area (Å²) < 4.78 is 0. The fourth-order valence-corrected chi connectivity index (χ4v) is 2.60. The first-order valence-electron chi connectivity index (χ1n) is 5.19. The molecule has 6 heteroatoms. The Morgan fingerprint density at radius 3 is 2.78 bits per heavy atom. The standard InChI is InChI=1S/C12H7ClN4S/c13-12-16-9-4-2-1-3-8(9)11(17-12)18-10-7-14-5-6-15-10/h1-7H. The summed E-state index contributed by atoms with van der Waals surface area (Å²) in [5.41, 5.74) is 0.823. The van der Waals surface area contributed by atoms with Gasteiger partial charge in [-0.25, -0.2) is 15.0 Å². The van der Waals surface area contributed by atoms with Crippen molar-refractivity contribution in [2.45, 2.75) is 10.1 Å². The molecule has 3 aromatic rings. The summed E-state index contributed by atoms with van der Waals surface area (Å²) in [4.78, 5) is 16.7. The van der Waals surface area contributed by atoms with Gasteiger partial charge in [0.2, 0.25) is 5.28 Å². The van der Waals surface area contributed by atoms with Crippen LogP contribution in [0.15, 0.2) is 52.9 Å². The Labute approximate surface area is 112 Å². The van der Waals surface area contributed by atoms with Crippen LogP contribution in [0.4, 0.5) is 0 Å². The topological polar surface area (TPSA) is 51.6 Å². The molecule has 0 aliphatic carbocycles. The van der Waals surface area contributed by atoms with Gasteiger partial charge in [0, 0.05) is 17.8 Å². The van der Waals surface area contributed by atoms with Crippen LogP contribution in [0, 0.1) is 0 Å². The van der Waals surface area contributed by atoms with E-state index >= 15 is 0 Å². The Hall–Kier alpha value is -1.72. The van der Waals surface area contributed by atoms with Gasteiger partial charge in [0.1, 0.15) is 10.1 Å². The van der Waals surface area contributed by atoms with Crippen molar-refractivity contribution in [3.8, 4) is 0 Å². The van der Waals surface area contributed by atoms with Gasteiger partial charge < -0.3 is 0 Å². The summed E-state index contributed by atoms with van der Waals surface area (Å²) in [6.45, 7) is 0. The minimum atomic E-state index is 0.236. The normalized spacial score (nSPS) is 10.7. The van der Waals surface area contributed by atoms with Crippen LogP contribution < -0.4 is 0 Å². The molecule has 0 bridgehead atoms. The minimum absolute atomic E-state index is 0.236. The van der Waals surface area contributed by atoms with Crippen LogP contribution in [0.1, 0.15) is 0 Å². The Bertz CT molecular complexity index is 690. The van der Waals surface area contributed by atoms with Crippen molar-refractivity contribution >= 4 is 34.3 Å². The maximum Gasteiger partial charge on any atom is 0.224 e. The largest absolute Gasteiger partial charge is 0.260 e. The number of halogens is 1. The lowest BCUT2D eigenvalue weighted by Gasteiger charge is -2.04. The fourth-order valence-electron chi connectivity index (χ4n) is 1.54. The second-order valence-corrected chi connectivity index (χ2v) is 4.81. The highest BCUT2D eigenvalue weighted by atomic mass is 35.5. The van der Waals surface area contributed by atoms with Crippen LogP contribution in [-0.2, 0) is 0 Å². The summed E-state index contributed by atoms with van der Waals surface area (Å²) >= 11 is 7.34. The summed E-state index contributed by atoms with van der Waals surface area (Å²) in [5, 5.41) is 2.75. The molecule has 0 aliphatic rings. The van der Waals surface area contributed by atoms with E-state index in [0.717, 1.165) is 21.0 Å². The molecule has 4 nitrogen and oxygen atoms in total. The molecule has 1 aromatic carbocycles. The predicted octanol–water partition coefficient (Wildman–Crippen LogP) is 3.22. The zero-order valence-electron chi connectivity index (χ0n) is 9.12. The van der Waals surface area contributed by atoms with Crippen LogP contribution in [0.2, 0.25) is 5.28 Å². The van der Waals surface area contributed by atoms with Gasteiger partial charge in [0.05, 0.1) is 11.7 Å². The predicted molar refractivity (Wildman–Crippen MR) is 70.7 cm³/mol. The van der Waals surface area contributed by atoms with Crippen LogP contribution in [0.25, 0.3) is 10.9 Å². The zero-order valence-corrected chi connectivity index (χ0v) is 10.7. The van der Waals surface area contributed by atoms with E-state index in [1.807, 2.05) is 24.3 Å². The third-order valence-electron chi connectivity index (χ3n) is 2.28. The van der Waals surface area contributed by atoms with Gasteiger partial charge >= 0.3 is 0 Å². The van der Waals surface area contributed by atoms with Crippen molar-refractivity contribution in [2.75, 3.05) is 0 Å². The molecule has 0 saturated heterocycles. The van der Waals surface area contributed by atoms with E-state index in [1.165, 1.54) is 11.8 Å². The number of hydrogen-bond acceptors (Lipinski definition) is 5. The molecule has 2 aromatic heterocycles. The highest BCUT2D eigenvalue weighted by Gasteiger charge is 2.08. The van der Waals surface area contributed by atoms with E-state index in [1.54, 1.807) is 18.6 Å². The van der Waals surface area contributed by atoms with Gasteiger partial charge in [-0.1, -0.05) is 18.2 Å². The van der Waals surface area contributed by atoms with E-state index in [4.69, 9.17) is 11.6 Å². The molecular weight excluding hydrogens is 268 g/mol. The molecule has 2 heterocycles. The molecule has 18 heavy (non-hydrogen) atoms. The highest BCUT2D eigenvalue weighted by Crippen LogP contribution is 2.30. The third kappa shape index (κ3) is 2.27. The molecule has 0 fully saturated rings. The molecule has 0 aliphatic heterocycles. The van der Waals surface area contributed by atoms with Gasteiger partial charge in [-0.2, -0.15) is 0 Å². The van der Waals surface area contributed by atoms with Crippen LogP contribution in [0.5, 0.6) is 0 Å². The lowest BCUT2D eigenvalue weighted by molar-refractivity contribution is 1.04. The molecule has 0 spiro atoms. The Balaban J connectivity index is 2.11. The van der Waals surface area contributed by atoms with Crippen molar-refractivity contribution in [1.82, 2.24) is 19.9 Å². The first kappa shape index (κ1) is 11.4. The molecule has 3 rings (SSSR count). The second-order valence-electron chi connectivity index (χ2n) is 3.46. The number of hydrogen-bond donors (Lipinski definition) is 0. The second kappa shape index (κ2) is 4.88. The molecule has 0 unspecified atom stereocenters. The smallest absolute Gasteiger partial charge is 0.224 e. The number of para-hydroxylation sites is 1. The number of benzene rings is 1. The lowest BCUT2D eigenvalue weighted by Crippen LogP contribution is -1.90. The van der Waals surface area contributed by atoms with Crippen molar-refractivity contribution in [1.29, 1.82) is 0 Å². The monoisotopic (exact) mass is 274 g/mol. The molecule has 0 atom stereocenters. The van der Waals surface area contributed by atoms with E-state index in [0.29, 0.717) is 0 Å². The van der Waals surface area contributed by atoms with Crippen LogP contribution >= 0.6 is 23.4 Å². The Morgan fingerprint density at radius 1 is 1.06 bits per heavy atom. The highest BCUT2D eigenvalue weighted by molar-refractivity contribution is 7.99. The van der Waals surface area contributed by atoms with E-state index in [2.05, 4.69) is 19.9 Å². The fraction of sp³-hybridized carbons (Fsp3) is 0. The van der Waals surface area contributed by atoms with Gasteiger partial charge in [-0.05, 0) is 29.4 Å². The van der Waals surface area contributed by atoms with Crippen LogP contribution in [-0.4, -0.2) is 19.9 Å². The van der Waals surface area contributed by atoms with Crippen molar-refractivity contribution in [3.05, 3.63) is 48.1 Å². The van der Waals surface area contributed by atoms with Gasteiger partial charge in [-0.3, -0.25) is 4.98 Å². The first-order chi connectivity index (χ1) is 8.83. The third-order valence-corrected chi connectivity index (χ3v) is 3.38. The van der Waals surface area contributed by atoms with E-state index in [9.17, 15) is 0 Å². The number of nitrogens with zero attached hydrogens (tertiary/aromatic N) is 4. The average molecular weight is 275 g/mol. The summed E-state index contributed by atoms with van der Waals surface area (Å²) in [7, 11) is 0. The van der Waals surface area contributed by atoms with Gasteiger partial charge in [0.15, 0.2) is 0 Å². The zero-order chi connectivity index (χ0) is 12.4. The van der Waals surface area contributed by atoms with E-state index < -0.39 is 0 Å². The molecule has 0 N–H and O–H groups in total. The summed E-state index contributed by atoms with van der Waals surface area (Å²) in [6.07, 6.45) is 4.97. The first-order valence-corrected chi connectivity index (χ1v) is 6.38. The minimum Gasteiger partial charge on any atom is -0.260 e. The number of aromatic nitrogens is 4. The molecule has 0 radical (unpaired) electrons. The maximum absolute atomic E-state index is 5.92. The maximum atomic E-state index is 5.92. The molecule has 0 saturated carbocycles. The van der Waals surface area contributed by atoms with Crippen molar-refractivity contribution in [2.24, 2.45) is 0 Å². The Kier molecular flexibility index (Phi) is 3.08. The SMILES string of the molecule is Clc1nc(Sc2cnccn2)c2ccccc2n1. The summed E-state index contributed by atoms with van der Waals surface area (Å²) in [5.74, 6) is 0. The number of fused-ring (bicyclic) bond motifs is 1. The molecule has 0 amide bonds. The van der Waals surface area contributed by atoms with E-state index in [-0.39, 0.29) is 5.28 Å². The lowest BCUT2D eigenvalue weighted by atomic mass is 10.2. The van der Waals surface area contributed by atoms with Crippen molar-refractivity contribution in [3.63, 3.8) is 0 Å². The number of rotatable bonds is 2.